The van der Waals surface area contributed by atoms with E-state index in [2.05, 4.69) is 16.3 Å². The summed E-state index contributed by atoms with van der Waals surface area (Å²) in [5.74, 6) is 0.482. The Balaban J connectivity index is 1.52. The van der Waals surface area contributed by atoms with E-state index in [0.717, 1.165) is 18.9 Å². The number of aromatic hydroxyl groups is 1. The van der Waals surface area contributed by atoms with Crippen LogP contribution in [-0.4, -0.2) is 35.2 Å². The highest BCUT2D eigenvalue weighted by Crippen LogP contribution is 2.38. The lowest BCUT2D eigenvalue weighted by molar-refractivity contribution is 0.288. The quantitative estimate of drug-likeness (QED) is 0.853. The second kappa shape index (κ2) is 4.50. The Kier molecular flexibility index (Phi) is 2.78. The van der Waals surface area contributed by atoms with Crippen molar-refractivity contribution in [1.82, 2.24) is 10.2 Å². The average molecular weight is 258 g/mol. The monoisotopic (exact) mass is 258 g/mol. The number of nitrogens with zero attached hydrogens (tertiary/aromatic N) is 1. The molecule has 0 aromatic heterocycles. The van der Waals surface area contributed by atoms with Crippen molar-refractivity contribution in [2.75, 3.05) is 13.1 Å². The lowest BCUT2D eigenvalue weighted by atomic mass is 10.0. The van der Waals surface area contributed by atoms with Crippen LogP contribution in [0.2, 0.25) is 0 Å². The molecule has 2 aliphatic heterocycles. The average Bonchev–Trinajstić information content (AvgIpc) is 3.08. The van der Waals surface area contributed by atoms with Crippen molar-refractivity contribution >= 4 is 0 Å². The van der Waals surface area contributed by atoms with E-state index >= 15 is 0 Å². The smallest absolute Gasteiger partial charge is 0.119 e. The van der Waals surface area contributed by atoms with E-state index in [0.29, 0.717) is 17.8 Å². The Morgan fingerprint density at radius 1 is 1.16 bits per heavy atom. The molecule has 3 atom stereocenters. The summed E-state index contributed by atoms with van der Waals surface area (Å²) < 4.78 is 0. The van der Waals surface area contributed by atoms with Crippen LogP contribution < -0.4 is 5.32 Å². The first-order valence-electron chi connectivity index (χ1n) is 7.64. The molecule has 3 aliphatic rings. The Labute approximate surface area is 114 Å². The van der Waals surface area contributed by atoms with Gasteiger partial charge in [0.15, 0.2) is 0 Å². The van der Waals surface area contributed by atoms with Crippen LogP contribution in [-0.2, 0) is 6.42 Å². The number of nitrogens with one attached hydrogen (secondary N) is 1. The lowest BCUT2D eigenvalue weighted by Gasteiger charge is -2.25. The zero-order valence-corrected chi connectivity index (χ0v) is 11.3. The zero-order valence-electron chi connectivity index (χ0n) is 11.3. The predicted octanol–water partition coefficient (Wildman–Crippen LogP) is 2.21. The summed E-state index contributed by atoms with van der Waals surface area (Å²) in [6, 6.07) is 7.84. The van der Waals surface area contributed by atoms with Gasteiger partial charge in [0.2, 0.25) is 0 Å². The molecule has 4 rings (SSSR count). The van der Waals surface area contributed by atoms with E-state index in [1.165, 1.54) is 43.5 Å². The third kappa shape index (κ3) is 1.87. The minimum absolute atomic E-state index is 0.452. The first kappa shape index (κ1) is 11.7. The maximum Gasteiger partial charge on any atom is 0.119 e. The van der Waals surface area contributed by atoms with Crippen LogP contribution in [0.3, 0.4) is 0 Å². The van der Waals surface area contributed by atoms with Gasteiger partial charge in [-0.2, -0.15) is 0 Å². The molecular weight excluding hydrogens is 236 g/mol. The Bertz CT molecular complexity index is 488. The van der Waals surface area contributed by atoms with Crippen LogP contribution in [0.4, 0.5) is 0 Å². The summed E-state index contributed by atoms with van der Waals surface area (Å²) in [6.07, 6.45) is 6.16. The van der Waals surface area contributed by atoms with Gasteiger partial charge in [-0.25, -0.2) is 0 Å². The third-order valence-electron chi connectivity index (χ3n) is 5.27. The van der Waals surface area contributed by atoms with Crippen LogP contribution in [0.1, 0.15) is 42.9 Å². The molecular formula is C16H22N2O. The highest BCUT2D eigenvalue weighted by molar-refractivity contribution is 5.44. The Hall–Kier alpha value is -1.06. The molecule has 0 saturated carbocycles. The fraction of sp³-hybridized carbons (Fsp3) is 0.625. The van der Waals surface area contributed by atoms with Crippen molar-refractivity contribution in [3.05, 3.63) is 29.3 Å². The van der Waals surface area contributed by atoms with Crippen molar-refractivity contribution < 1.29 is 5.11 Å². The number of benzene rings is 1. The number of hydrogen-bond acceptors (Lipinski definition) is 3. The zero-order chi connectivity index (χ0) is 12.8. The molecule has 3 unspecified atom stereocenters. The molecule has 1 aromatic carbocycles. The van der Waals surface area contributed by atoms with E-state index in [1.807, 2.05) is 12.1 Å². The fourth-order valence-corrected chi connectivity index (χ4v) is 4.34. The molecule has 3 nitrogen and oxygen atoms in total. The van der Waals surface area contributed by atoms with Gasteiger partial charge in [0.1, 0.15) is 5.75 Å². The minimum Gasteiger partial charge on any atom is -0.508 e. The Morgan fingerprint density at radius 3 is 3.05 bits per heavy atom. The van der Waals surface area contributed by atoms with Crippen molar-refractivity contribution in [3.8, 4) is 5.75 Å². The number of phenolic OH excluding ortho intramolecular Hbond substituents is 1. The van der Waals surface area contributed by atoms with Gasteiger partial charge in [0.05, 0.1) is 0 Å². The minimum atomic E-state index is 0.452. The maximum atomic E-state index is 9.92. The first-order valence-corrected chi connectivity index (χ1v) is 7.64. The van der Waals surface area contributed by atoms with Crippen molar-refractivity contribution in [2.24, 2.45) is 0 Å². The molecule has 19 heavy (non-hydrogen) atoms. The molecule has 2 N–H and O–H groups in total. The van der Waals surface area contributed by atoms with Gasteiger partial charge in [-0.1, -0.05) is 12.1 Å². The van der Waals surface area contributed by atoms with Gasteiger partial charge < -0.3 is 10.4 Å². The number of fused-ring (bicyclic) bond motifs is 2. The van der Waals surface area contributed by atoms with E-state index in [1.54, 1.807) is 0 Å². The molecule has 0 spiro atoms. The summed E-state index contributed by atoms with van der Waals surface area (Å²) in [5.41, 5.74) is 2.50. The predicted molar refractivity (Wildman–Crippen MR) is 75.3 cm³/mol. The van der Waals surface area contributed by atoms with E-state index < -0.39 is 0 Å². The van der Waals surface area contributed by atoms with Crippen molar-refractivity contribution in [2.45, 2.75) is 50.2 Å². The molecule has 2 heterocycles. The van der Waals surface area contributed by atoms with E-state index in [4.69, 9.17) is 0 Å². The van der Waals surface area contributed by atoms with Crippen molar-refractivity contribution in [1.29, 1.82) is 0 Å². The largest absolute Gasteiger partial charge is 0.508 e. The topological polar surface area (TPSA) is 35.5 Å². The van der Waals surface area contributed by atoms with Crippen LogP contribution in [0, 0.1) is 0 Å². The summed E-state index contributed by atoms with van der Waals surface area (Å²) in [4.78, 5) is 2.65. The molecule has 2 fully saturated rings. The standard InChI is InChI=1S/C16H22N2O/c19-16-5-1-3-11-12(16)6-7-13(11)17-14-8-10-18-9-2-4-15(14)18/h1,3,5,13-15,17,19H,2,4,6-10H2. The molecule has 0 radical (unpaired) electrons. The second-order valence-electron chi connectivity index (χ2n) is 6.24. The molecule has 0 amide bonds. The van der Waals surface area contributed by atoms with Crippen molar-refractivity contribution in [3.63, 3.8) is 0 Å². The Morgan fingerprint density at radius 2 is 2.11 bits per heavy atom. The second-order valence-corrected chi connectivity index (χ2v) is 6.24. The normalized spacial score (nSPS) is 33.6. The van der Waals surface area contributed by atoms with Crippen LogP contribution in [0.25, 0.3) is 0 Å². The van der Waals surface area contributed by atoms with Gasteiger partial charge >= 0.3 is 0 Å². The fourth-order valence-electron chi connectivity index (χ4n) is 4.34. The van der Waals surface area contributed by atoms with Gasteiger partial charge in [0, 0.05) is 24.7 Å². The number of phenols is 1. The molecule has 1 aromatic rings. The molecule has 2 saturated heterocycles. The van der Waals surface area contributed by atoms with Gasteiger partial charge in [-0.3, -0.25) is 4.90 Å². The van der Waals surface area contributed by atoms with Gasteiger partial charge in [-0.15, -0.1) is 0 Å². The van der Waals surface area contributed by atoms with Gasteiger partial charge in [0.25, 0.3) is 0 Å². The number of rotatable bonds is 2. The summed E-state index contributed by atoms with van der Waals surface area (Å²) in [7, 11) is 0. The van der Waals surface area contributed by atoms with Crippen LogP contribution in [0.15, 0.2) is 18.2 Å². The van der Waals surface area contributed by atoms with E-state index in [9.17, 15) is 5.11 Å². The maximum absolute atomic E-state index is 9.92. The SMILES string of the molecule is Oc1cccc2c1CCC2NC1CCN2CCCC12. The van der Waals surface area contributed by atoms with Gasteiger partial charge in [-0.05, 0) is 55.8 Å². The molecule has 1 aliphatic carbocycles. The third-order valence-corrected chi connectivity index (χ3v) is 5.27. The summed E-state index contributed by atoms with van der Waals surface area (Å²) in [5, 5.41) is 13.8. The first-order chi connectivity index (χ1) is 9.33. The molecule has 0 bridgehead atoms. The van der Waals surface area contributed by atoms with E-state index in [-0.39, 0.29) is 0 Å². The molecule has 102 valence electrons. The summed E-state index contributed by atoms with van der Waals surface area (Å²) in [6.45, 7) is 2.56. The van der Waals surface area contributed by atoms with Crippen LogP contribution in [0.5, 0.6) is 5.75 Å². The molecule has 3 heteroatoms. The van der Waals surface area contributed by atoms with Crippen LogP contribution >= 0.6 is 0 Å². The highest BCUT2D eigenvalue weighted by atomic mass is 16.3. The summed E-state index contributed by atoms with van der Waals surface area (Å²) >= 11 is 0. The highest BCUT2D eigenvalue weighted by Gasteiger charge is 2.38. The lowest BCUT2D eigenvalue weighted by Crippen LogP contribution is -2.40. The number of hydrogen-bond donors (Lipinski definition) is 2.